The number of amides is 2. The molecule has 0 aromatic heterocycles. The maximum absolute atomic E-state index is 12.1. The maximum Gasteiger partial charge on any atom is 0.244 e. The van der Waals surface area contributed by atoms with Gasteiger partial charge in [-0.1, -0.05) is 35.1 Å². The molecule has 8 heteroatoms. The normalized spacial score (nSPS) is 15.7. The monoisotopic (exact) mass is 387 g/mol. The van der Waals surface area contributed by atoms with E-state index < -0.39 is 0 Å². The lowest BCUT2D eigenvalue weighted by molar-refractivity contribution is -0.133. The molecule has 0 spiro atoms. The molecule has 1 aromatic carbocycles. The minimum absolute atomic E-state index is 0.00125. The minimum atomic E-state index is -0.331. The summed E-state index contributed by atoms with van der Waals surface area (Å²) in [4.78, 5) is 25.7. The first-order valence-electron chi connectivity index (χ1n) is 7.47. The zero-order chi connectivity index (χ0) is 17.5. The smallest absolute Gasteiger partial charge is 0.244 e. The van der Waals surface area contributed by atoms with Crippen LogP contribution in [-0.4, -0.2) is 60.0 Å². The van der Waals surface area contributed by atoms with Gasteiger partial charge in [0.2, 0.25) is 11.8 Å². The number of nitrogens with zero attached hydrogens (tertiary/aromatic N) is 2. The predicted octanol–water partition coefficient (Wildman–Crippen LogP) is 2.54. The van der Waals surface area contributed by atoms with Crippen LogP contribution in [0.3, 0.4) is 0 Å². The molecule has 0 bridgehead atoms. The van der Waals surface area contributed by atoms with Crippen molar-refractivity contribution in [3.8, 4) is 0 Å². The number of benzene rings is 1. The van der Waals surface area contributed by atoms with Gasteiger partial charge in [0.1, 0.15) is 0 Å². The van der Waals surface area contributed by atoms with E-state index in [1.54, 1.807) is 41.1 Å². The van der Waals surface area contributed by atoms with Gasteiger partial charge in [-0.15, -0.1) is 0 Å². The summed E-state index contributed by atoms with van der Waals surface area (Å²) in [5.41, 5.74) is 0.724. The number of nitrogens with one attached hydrogen (secondary N) is 1. The zero-order valence-electron chi connectivity index (χ0n) is 13.3. The molecule has 2 rings (SSSR count). The summed E-state index contributed by atoms with van der Waals surface area (Å²) in [6, 6.07) is 5.02. The number of carbonyl (C=O) groups is 2. The minimum Gasteiger partial charge on any atom is -0.343 e. The molecule has 1 fully saturated rings. The van der Waals surface area contributed by atoms with Gasteiger partial charge < -0.3 is 10.2 Å². The summed E-state index contributed by atoms with van der Waals surface area (Å²) in [6.45, 7) is 3.06. The van der Waals surface area contributed by atoms with Gasteiger partial charge in [-0.05, 0) is 36.1 Å². The molecule has 1 saturated heterocycles. The van der Waals surface area contributed by atoms with Crippen molar-refractivity contribution < 1.29 is 9.59 Å². The van der Waals surface area contributed by atoms with Gasteiger partial charge in [-0.2, -0.15) is 0 Å². The van der Waals surface area contributed by atoms with Crippen LogP contribution in [0.2, 0.25) is 10.0 Å². The Morgan fingerprint density at radius 2 is 1.79 bits per heavy atom. The first kappa shape index (κ1) is 19.1. The van der Waals surface area contributed by atoms with Crippen LogP contribution in [0.1, 0.15) is 5.56 Å². The van der Waals surface area contributed by atoms with Crippen LogP contribution in [0, 0.1) is 0 Å². The standard InChI is InChI=1S/C16H19Cl2N3O2S/c1-24-21-6-4-20(5-7-21)16(23)11-19-15(22)3-2-12-8-13(17)10-14(18)9-12/h2-3,8-10H,4-7,11H2,1H3,(H,19,22)/b3-2+. The Hall–Kier alpha value is -1.21. The second kappa shape index (κ2) is 9.32. The largest absolute Gasteiger partial charge is 0.343 e. The molecule has 0 radical (unpaired) electrons. The fourth-order valence-corrected chi connectivity index (χ4v) is 3.37. The number of halogens is 2. The highest BCUT2D eigenvalue weighted by Gasteiger charge is 2.20. The van der Waals surface area contributed by atoms with E-state index in [2.05, 4.69) is 9.62 Å². The number of piperazine rings is 1. The van der Waals surface area contributed by atoms with Crippen molar-refractivity contribution in [1.29, 1.82) is 0 Å². The Bertz CT molecular complexity index is 611. The van der Waals surface area contributed by atoms with Crippen molar-refractivity contribution in [2.75, 3.05) is 39.0 Å². The Morgan fingerprint density at radius 1 is 1.17 bits per heavy atom. The van der Waals surface area contributed by atoms with Crippen LogP contribution in [0.4, 0.5) is 0 Å². The van der Waals surface area contributed by atoms with Gasteiger partial charge in [0.25, 0.3) is 0 Å². The molecule has 1 aliphatic rings. The third-order valence-electron chi connectivity index (χ3n) is 3.58. The summed E-state index contributed by atoms with van der Waals surface area (Å²) < 4.78 is 2.21. The lowest BCUT2D eigenvalue weighted by Crippen LogP contribution is -2.49. The fraction of sp³-hybridized carbons (Fsp3) is 0.375. The van der Waals surface area contributed by atoms with Crippen molar-refractivity contribution >= 4 is 53.0 Å². The Labute approximate surface area is 156 Å². The number of hydrogen-bond donors (Lipinski definition) is 1. The van der Waals surface area contributed by atoms with Crippen molar-refractivity contribution in [3.05, 3.63) is 39.9 Å². The van der Waals surface area contributed by atoms with E-state index in [-0.39, 0.29) is 18.4 Å². The average molecular weight is 388 g/mol. The highest BCUT2D eigenvalue weighted by atomic mass is 35.5. The van der Waals surface area contributed by atoms with Crippen LogP contribution in [-0.2, 0) is 9.59 Å². The van der Waals surface area contributed by atoms with Crippen LogP contribution in [0.25, 0.3) is 6.08 Å². The number of carbonyl (C=O) groups excluding carboxylic acids is 2. The summed E-state index contributed by atoms with van der Waals surface area (Å²) in [5, 5.41) is 3.61. The molecular formula is C16H19Cl2N3O2S. The van der Waals surface area contributed by atoms with Gasteiger partial charge in [-0.3, -0.25) is 9.59 Å². The molecule has 1 N–H and O–H groups in total. The van der Waals surface area contributed by atoms with Gasteiger partial charge in [-0.25, -0.2) is 4.31 Å². The van der Waals surface area contributed by atoms with Gasteiger partial charge in [0.05, 0.1) is 6.54 Å². The summed E-state index contributed by atoms with van der Waals surface area (Å²) >= 11 is 13.5. The molecule has 5 nitrogen and oxygen atoms in total. The van der Waals surface area contributed by atoms with E-state index in [0.29, 0.717) is 23.1 Å². The maximum atomic E-state index is 12.1. The SMILES string of the molecule is CSN1CCN(C(=O)CNC(=O)/C=C/c2cc(Cl)cc(Cl)c2)CC1. The summed E-state index contributed by atoms with van der Waals surface area (Å²) in [6.07, 6.45) is 4.99. The van der Waals surface area contributed by atoms with E-state index in [0.717, 1.165) is 18.7 Å². The Kier molecular flexibility index (Phi) is 7.42. The second-order valence-electron chi connectivity index (χ2n) is 5.25. The van der Waals surface area contributed by atoms with E-state index in [9.17, 15) is 9.59 Å². The van der Waals surface area contributed by atoms with E-state index in [1.165, 1.54) is 6.08 Å². The molecule has 0 aliphatic carbocycles. The molecule has 0 atom stereocenters. The number of rotatable bonds is 5. The molecule has 130 valence electrons. The van der Waals surface area contributed by atoms with Crippen LogP contribution < -0.4 is 5.32 Å². The topological polar surface area (TPSA) is 52.6 Å². The Morgan fingerprint density at radius 3 is 2.38 bits per heavy atom. The van der Waals surface area contributed by atoms with Crippen LogP contribution in [0.15, 0.2) is 24.3 Å². The quantitative estimate of drug-likeness (QED) is 0.622. The molecular weight excluding hydrogens is 369 g/mol. The fourth-order valence-electron chi connectivity index (χ4n) is 2.30. The summed E-state index contributed by atoms with van der Waals surface area (Å²) in [7, 11) is 0. The van der Waals surface area contributed by atoms with E-state index in [1.807, 2.05) is 6.26 Å². The number of hydrogen-bond acceptors (Lipinski definition) is 4. The average Bonchev–Trinajstić information content (AvgIpc) is 2.57. The summed E-state index contributed by atoms with van der Waals surface area (Å²) in [5.74, 6) is -0.398. The van der Waals surface area contributed by atoms with Crippen LogP contribution in [0.5, 0.6) is 0 Å². The third-order valence-corrected chi connectivity index (χ3v) is 4.89. The third kappa shape index (κ3) is 6.02. The molecule has 24 heavy (non-hydrogen) atoms. The van der Waals surface area contributed by atoms with Gasteiger partial charge in [0, 0.05) is 42.3 Å². The van der Waals surface area contributed by atoms with Crippen molar-refractivity contribution in [2.45, 2.75) is 0 Å². The first-order chi connectivity index (χ1) is 11.5. The molecule has 0 saturated carbocycles. The molecule has 1 heterocycles. The van der Waals surface area contributed by atoms with E-state index >= 15 is 0 Å². The van der Waals surface area contributed by atoms with Gasteiger partial charge >= 0.3 is 0 Å². The lowest BCUT2D eigenvalue weighted by Gasteiger charge is -2.33. The van der Waals surface area contributed by atoms with Gasteiger partial charge in [0.15, 0.2) is 0 Å². The van der Waals surface area contributed by atoms with E-state index in [4.69, 9.17) is 23.2 Å². The molecule has 2 amide bonds. The van der Waals surface area contributed by atoms with Crippen molar-refractivity contribution in [2.24, 2.45) is 0 Å². The first-order valence-corrected chi connectivity index (χ1v) is 9.40. The molecule has 1 aliphatic heterocycles. The molecule has 0 unspecified atom stereocenters. The highest BCUT2D eigenvalue weighted by molar-refractivity contribution is 7.96. The predicted molar refractivity (Wildman–Crippen MR) is 100 cm³/mol. The zero-order valence-corrected chi connectivity index (χ0v) is 15.6. The van der Waals surface area contributed by atoms with Crippen molar-refractivity contribution in [1.82, 2.24) is 14.5 Å². The Balaban J connectivity index is 1.78. The van der Waals surface area contributed by atoms with Crippen LogP contribution >= 0.6 is 35.1 Å². The van der Waals surface area contributed by atoms with Crippen molar-refractivity contribution in [3.63, 3.8) is 0 Å². The lowest BCUT2D eigenvalue weighted by atomic mass is 10.2. The molecule has 1 aromatic rings. The second-order valence-corrected chi connectivity index (χ2v) is 7.00. The highest BCUT2D eigenvalue weighted by Crippen LogP contribution is 2.19.